The van der Waals surface area contributed by atoms with Crippen LogP contribution in [0.4, 0.5) is 5.69 Å². The highest BCUT2D eigenvalue weighted by Crippen LogP contribution is 2.14. The number of thioether (sulfide) groups is 1. The lowest BCUT2D eigenvalue weighted by atomic mass is 10.1. The van der Waals surface area contributed by atoms with Gasteiger partial charge in [-0.05, 0) is 37.1 Å². The predicted molar refractivity (Wildman–Crippen MR) is 89.3 cm³/mol. The first-order valence-corrected chi connectivity index (χ1v) is 8.51. The third kappa shape index (κ3) is 5.35. The second-order valence-electron chi connectivity index (χ2n) is 5.41. The van der Waals surface area contributed by atoms with Gasteiger partial charge in [0.05, 0.1) is 24.7 Å². The Labute approximate surface area is 135 Å². The maximum absolute atomic E-state index is 11.9. The Morgan fingerprint density at radius 3 is 2.41 bits per heavy atom. The largest absolute Gasteiger partial charge is 0.378 e. The molecule has 0 saturated carbocycles. The van der Waals surface area contributed by atoms with Gasteiger partial charge in [0.15, 0.2) is 0 Å². The number of nitrogens with zero attached hydrogens (tertiary/aromatic N) is 1. The summed E-state index contributed by atoms with van der Waals surface area (Å²) in [6.07, 6.45) is 0. The first kappa shape index (κ1) is 16.8. The Kier molecular flexibility index (Phi) is 6.27. The van der Waals surface area contributed by atoms with Crippen molar-refractivity contribution in [1.29, 1.82) is 0 Å². The Morgan fingerprint density at radius 1 is 1.14 bits per heavy atom. The van der Waals surface area contributed by atoms with Gasteiger partial charge in [0.1, 0.15) is 0 Å². The van der Waals surface area contributed by atoms with Crippen LogP contribution in [0.15, 0.2) is 18.2 Å². The van der Waals surface area contributed by atoms with Crippen molar-refractivity contribution >= 4 is 29.3 Å². The summed E-state index contributed by atoms with van der Waals surface area (Å²) >= 11 is 1.35. The van der Waals surface area contributed by atoms with Crippen LogP contribution in [-0.4, -0.2) is 54.5 Å². The number of amides is 2. The number of hydrogen-bond acceptors (Lipinski definition) is 4. The quantitative estimate of drug-likeness (QED) is 0.898. The van der Waals surface area contributed by atoms with Crippen LogP contribution in [-0.2, 0) is 14.3 Å². The van der Waals surface area contributed by atoms with E-state index in [9.17, 15) is 9.59 Å². The average molecular weight is 322 g/mol. The zero-order valence-corrected chi connectivity index (χ0v) is 13.9. The molecular formula is C16H22N2O3S. The van der Waals surface area contributed by atoms with Crippen LogP contribution in [0.2, 0.25) is 0 Å². The normalized spacial score (nSPS) is 14.7. The highest BCUT2D eigenvalue weighted by Gasteiger charge is 2.16. The van der Waals surface area contributed by atoms with Gasteiger partial charge in [0.25, 0.3) is 0 Å². The van der Waals surface area contributed by atoms with Crippen molar-refractivity contribution in [2.45, 2.75) is 13.8 Å². The van der Waals surface area contributed by atoms with Gasteiger partial charge in [-0.3, -0.25) is 9.59 Å². The maximum Gasteiger partial charge on any atom is 0.234 e. The molecule has 22 heavy (non-hydrogen) atoms. The minimum atomic E-state index is -0.0789. The topological polar surface area (TPSA) is 58.6 Å². The van der Waals surface area contributed by atoms with Gasteiger partial charge in [-0.15, -0.1) is 11.8 Å². The van der Waals surface area contributed by atoms with Crippen molar-refractivity contribution < 1.29 is 14.3 Å². The van der Waals surface area contributed by atoms with E-state index in [1.165, 1.54) is 11.8 Å². The summed E-state index contributed by atoms with van der Waals surface area (Å²) in [6, 6.07) is 5.94. The van der Waals surface area contributed by atoms with Crippen LogP contribution in [0.25, 0.3) is 0 Å². The molecule has 1 aliphatic heterocycles. The Morgan fingerprint density at radius 2 is 1.77 bits per heavy atom. The second kappa shape index (κ2) is 8.19. The molecule has 0 bridgehead atoms. The van der Waals surface area contributed by atoms with Crippen LogP contribution in [0.3, 0.4) is 0 Å². The summed E-state index contributed by atoms with van der Waals surface area (Å²) in [7, 11) is 0. The van der Waals surface area contributed by atoms with Crippen molar-refractivity contribution in [2.75, 3.05) is 43.1 Å². The second-order valence-corrected chi connectivity index (χ2v) is 6.40. The fraction of sp³-hybridized carbons (Fsp3) is 0.500. The van der Waals surface area contributed by atoms with E-state index in [2.05, 4.69) is 11.4 Å². The van der Waals surface area contributed by atoms with Crippen molar-refractivity contribution in [1.82, 2.24) is 4.90 Å². The molecule has 1 aromatic carbocycles. The van der Waals surface area contributed by atoms with Crippen molar-refractivity contribution in [3.63, 3.8) is 0 Å². The molecule has 1 heterocycles. The summed E-state index contributed by atoms with van der Waals surface area (Å²) in [4.78, 5) is 25.7. The van der Waals surface area contributed by atoms with Crippen LogP contribution < -0.4 is 5.32 Å². The fourth-order valence-corrected chi connectivity index (χ4v) is 3.10. The summed E-state index contributed by atoms with van der Waals surface area (Å²) in [5.74, 6) is 0.612. The number of carbonyl (C=O) groups is 2. The first-order valence-electron chi connectivity index (χ1n) is 7.36. The number of ether oxygens (including phenoxy) is 1. The molecule has 0 aliphatic carbocycles. The summed E-state index contributed by atoms with van der Waals surface area (Å²) in [5, 5.41) is 2.87. The molecule has 1 aliphatic rings. The van der Waals surface area contributed by atoms with Gasteiger partial charge in [-0.25, -0.2) is 0 Å². The Balaban J connectivity index is 1.72. The standard InChI is InChI=1S/C16H22N2O3S/c1-12-7-13(2)9-14(8-12)17-15(19)10-22-11-16(20)18-3-5-21-6-4-18/h7-9H,3-6,10-11H2,1-2H3,(H,17,19). The molecule has 2 amide bonds. The molecule has 0 radical (unpaired) electrons. The minimum Gasteiger partial charge on any atom is -0.378 e. The molecule has 5 nitrogen and oxygen atoms in total. The summed E-state index contributed by atoms with van der Waals surface area (Å²) < 4.78 is 5.21. The van der Waals surface area contributed by atoms with Gasteiger partial charge >= 0.3 is 0 Å². The van der Waals surface area contributed by atoms with Gasteiger partial charge in [0, 0.05) is 18.8 Å². The molecule has 6 heteroatoms. The van der Waals surface area contributed by atoms with E-state index in [1.54, 1.807) is 4.90 Å². The lowest BCUT2D eigenvalue weighted by molar-refractivity contribution is -0.132. The molecule has 0 spiro atoms. The monoisotopic (exact) mass is 322 g/mol. The lowest BCUT2D eigenvalue weighted by Crippen LogP contribution is -2.41. The zero-order valence-electron chi connectivity index (χ0n) is 13.1. The van der Waals surface area contributed by atoms with E-state index in [-0.39, 0.29) is 17.6 Å². The highest BCUT2D eigenvalue weighted by atomic mass is 32.2. The molecule has 0 atom stereocenters. The molecular weight excluding hydrogens is 300 g/mol. The van der Waals surface area contributed by atoms with Gasteiger partial charge in [0.2, 0.25) is 11.8 Å². The number of rotatable bonds is 5. The number of carbonyl (C=O) groups excluding carboxylic acids is 2. The maximum atomic E-state index is 11.9. The fourth-order valence-electron chi connectivity index (χ4n) is 2.38. The lowest BCUT2D eigenvalue weighted by Gasteiger charge is -2.26. The van der Waals surface area contributed by atoms with E-state index in [0.29, 0.717) is 32.1 Å². The number of morpholine rings is 1. The van der Waals surface area contributed by atoms with Gasteiger partial charge in [-0.2, -0.15) is 0 Å². The average Bonchev–Trinajstić information content (AvgIpc) is 2.47. The van der Waals surface area contributed by atoms with Crippen LogP contribution in [0, 0.1) is 13.8 Å². The number of nitrogens with one attached hydrogen (secondary N) is 1. The van der Waals surface area contributed by atoms with Gasteiger partial charge < -0.3 is 15.0 Å². The van der Waals surface area contributed by atoms with E-state index in [1.807, 2.05) is 26.0 Å². The Bertz CT molecular complexity index is 522. The molecule has 120 valence electrons. The Hall–Kier alpha value is -1.53. The number of aryl methyl sites for hydroxylation is 2. The van der Waals surface area contributed by atoms with E-state index in [4.69, 9.17) is 4.74 Å². The molecule has 0 aromatic heterocycles. The van der Waals surface area contributed by atoms with Crippen molar-refractivity contribution in [3.8, 4) is 0 Å². The third-order valence-electron chi connectivity index (χ3n) is 3.33. The van der Waals surface area contributed by atoms with E-state index < -0.39 is 0 Å². The molecule has 1 saturated heterocycles. The van der Waals surface area contributed by atoms with Crippen LogP contribution in [0.1, 0.15) is 11.1 Å². The highest BCUT2D eigenvalue weighted by molar-refractivity contribution is 8.00. The molecule has 1 aromatic rings. The minimum absolute atomic E-state index is 0.0764. The first-order chi connectivity index (χ1) is 10.5. The molecule has 1 N–H and O–H groups in total. The third-order valence-corrected chi connectivity index (χ3v) is 4.25. The summed E-state index contributed by atoms with van der Waals surface area (Å²) in [5.41, 5.74) is 3.04. The van der Waals surface area contributed by atoms with Crippen LogP contribution >= 0.6 is 11.8 Å². The van der Waals surface area contributed by atoms with Crippen molar-refractivity contribution in [3.05, 3.63) is 29.3 Å². The number of hydrogen-bond donors (Lipinski definition) is 1. The molecule has 2 rings (SSSR count). The molecule has 1 fully saturated rings. The SMILES string of the molecule is Cc1cc(C)cc(NC(=O)CSCC(=O)N2CCOCC2)c1. The van der Waals surface area contributed by atoms with E-state index >= 15 is 0 Å². The summed E-state index contributed by atoms with van der Waals surface area (Å²) in [6.45, 7) is 6.49. The van der Waals surface area contributed by atoms with Crippen LogP contribution in [0.5, 0.6) is 0 Å². The molecule has 0 unspecified atom stereocenters. The van der Waals surface area contributed by atoms with Crippen molar-refractivity contribution in [2.24, 2.45) is 0 Å². The zero-order chi connectivity index (χ0) is 15.9. The van der Waals surface area contributed by atoms with Gasteiger partial charge in [-0.1, -0.05) is 6.07 Å². The predicted octanol–water partition coefficient (Wildman–Crippen LogP) is 1.83. The van der Waals surface area contributed by atoms with E-state index in [0.717, 1.165) is 16.8 Å². The number of anilines is 1. The smallest absolute Gasteiger partial charge is 0.234 e. The number of benzene rings is 1.